The van der Waals surface area contributed by atoms with Gasteiger partial charge in [0.05, 0.1) is 0 Å². The van der Waals surface area contributed by atoms with Crippen molar-refractivity contribution in [3.63, 3.8) is 0 Å². The summed E-state index contributed by atoms with van der Waals surface area (Å²) in [6.07, 6.45) is 0. The number of hydrogen-bond donors (Lipinski definition) is 0. The largest absolute Gasteiger partial charge is 0.344 e. The van der Waals surface area contributed by atoms with E-state index < -0.39 is 15.8 Å². The summed E-state index contributed by atoms with van der Waals surface area (Å²) in [6.45, 7) is 0. The predicted octanol–water partition coefficient (Wildman–Crippen LogP) is 6.97. The van der Waals surface area contributed by atoms with E-state index in [1.165, 1.54) is 43.2 Å². The third-order valence-corrected chi connectivity index (χ3v) is 12.0. The molecule has 0 saturated heterocycles. The lowest BCUT2D eigenvalue weighted by Gasteiger charge is -2.31. The van der Waals surface area contributed by atoms with Gasteiger partial charge in [0, 0.05) is 29.0 Å². The molecule has 0 aliphatic rings. The average molecular weight is 552 g/mol. The minimum absolute atomic E-state index is 0.739. The molecule has 0 amide bonds. The van der Waals surface area contributed by atoms with Gasteiger partial charge in [0.2, 0.25) is 0 Å². The molecule has 0 spiro atoms. The molecular formula is C37H31NP2. The van der Waals surface area contributed by atoms with Crippen LogP contribution < -0.4 is 36.7 Å². The smallest absolute Gasteiger partial charge is 0.0493 e. The summed E-state index contributed by atoms with van der Waals surface area (Å²) >= 11 is 0. The van der Waals surface area contributed by atoms with E-state index in [1.807, 2.05) is 0 Å². The molecule has 6 aromatic rings. The van der Waals surface area contributed by atoms with Crippen molar-refractivity contribution < 1.29 is 0 Å². The lowest BCUT2D eigenvalue weighted by atomic mass is 10.2. The lowest BCUT2D eigenvalue weighted by molar-refractivity contribution is 1.23. The van der Waals surface area contributed by atoms with Crippen LogP contribution in [0.15, 0.2) is 170 Å². The van der Waals surface area contributed by atoms with Crippen LogP contribution >= 0.6 is 15.8 Å². The minimum atomic E-state index is -0.739. The zero-order valence-corrected chi connectivity index (χ0v) is 24.3. The first-order valence-electron chi connectivity index (χ1n) is 13.5. The standard InChI is InChI=1S/C37H31NP2/c1-38(34-26-14-16-28-36(34)39(30-18-6-2-7-19-30)31-20-8-3-9-21-31)35-27-15-17-29-37(35)40(32-22-10-4-11-23-32)33-24-12-5-13-25-33/h2-29H,1H3. The Bertz CT molecular complexity index is 1450. The van der Waals surface area contributed by atoms with Gasteiger partial charge in [-0.15, -0.1) is 0 Å². The van der Waals surface area contributed by atoms with Crippen LogP contribution in [0.2, 0.25) is 0 Å². The summed E-state index contributed by atoms with van der Waals surface area (Å²) in [4.78, 5) is 2.41. The van der Waals surface area contributed by atoms with Gasteiger partial charge in [-0.2, -0.15) is 0 Å². The van der Waals surface area contributed by atoms with Crippen molar-refractivity contribution in [1.82, 2.24) is 0 Å². The molecule has 6 rings (SSSR count). The maximum Gasteiger partial charge on any atom is 0.0493 e. The molecule has 0 saturated carbocycles. The lowest BCUT2D eigenvalue weighted by Crippen LogP contribution is -2.29. The number of para-hydroxylation sites is 2. The second kappa shape index (κ2) is 12.4. The van der Waals surface area contributed by atoms with E-state index >= 15 is 0 Å². The van der Waals surface area contributed by atoms with E-state index in [1.54, 1.807) is 0 Å². The van der Waals surface area contributed by atoms with Crippen molar-refractivity contribution in [3.8, 4) is 0 Å². The van der Waals surface area contributed by atoms with Gasteiger partial charge in [0.15, 0.2) is 0 Å². The van der Waals surface area contributed by atoms with Crippen LogP contribution in [0.5, 0.6) is 0 Å². The number of anilines is 2. The zero-order valence-electron chi connectivity index (χ0n) is 22.5. The van der Waals surface area contributed by atoms with E-state index in [9.17, 15) is 0 Å². The molecule has 1 nitrogen and oxygen atoms in total. The Hall–Kier alpha value is -4.02. The molecule has 194 valence electrons. The fraction of sp³-hybridized carbons (Fsp3) is 0.0270. The zero-order chi connectivity index (χ0) is 27.1. The van der Waals surface area contributed by atoms with Gasteiger partial charge >= 0.3 is 0 Å². The fourth-order valence-electron chi connectivity index (χ4n) is 5.17. The Kier molecular flexibility index (Phi) is 8.15. The highest BCUT2D eigenvalue weighted by molar-refractivity contribution is 7.80. The van der Waals surface area contributed by atoms with Gasteiger partial charge < -0.3 is 4.90 Å². The van der Waals surface area contributed by atoms with Crippen LogP contribution in [-0.4, -0.2) is 7.05 Å². The van der Waals surface area contributed by atoms with E-state index in [0.29, 0.717) is 0 Å². The number of rotatable bonds is 8. The van der Waals surface area contributed by atoms with Crippen molar-refractivity contribution in [1.29, 1.82) is 0 Å². The van der Waals surface area contributed by atoms with Gasteiger partial charge in [-0.3, -0.25) is 0 Å². The molecule has 0 radical (unpaired) electrons. The fourth-order valence-corrected chi connectivity index (χ4v) is 10.1. The molecule has 0 bridgehead atoms. The molecule has 6 aromatic carbocycles. The minimum Gasteiger partial charge on any atom is -0.344 e. The molecule has 0 fully saturated rings. The highest BCUT2D eigenvalue weighted by Crippen LogP contribution is 2.41. The van der Waals surface area contributed by atoms with Crippen LogP contribution in [0.4, 0.5) is 11.4 Å². The predicted molar refractivity (Wildman–Crippen MR) is 178 cm³/mol. The van der Waals surface area contributed by atoms with E-state index in [2.05, 4.69) is 182 Å². The molecule has 0 unspecified atom stereocenters. The van der Waals surface area contributed by atoms with Crippen LogP contribution in [0.25, 0.3) is 0 Å². The Morgan fingerprint density at radius 3 is 0.875 bits per heavy atom. The average Bonchev–Trinajstić information content (AvgIpc) is 3.04. The molecule has 3 heteroatoms. The van der Waals surface area contributed by atoms with Crippen molar-refractivity contribution in [2.24, 2.45) is 0 Å². The van der Waals surface area contributed by atoms with Crippen LogP contribution in [-0.2, 0) is 0 Å². The number of nitrogens with zero attached hydrogens (tertiary/aromatic N) is 1. The summed E-state index contributed by atoms with van der Waals surface area (Å²) in [7, 11) is 0.750. The quantitative estimate of drug-likeness (QED) is 0.185. The SMILES string of the molecule is CN(c1ccccc1P(c1ccccc1)c1ccccc1)c1ccccc1P(c1ccccc1)c1ccccc1. The van der Waals surface area contributed by atoms with Crippen LogP contribution in [0, 0.1) is 0 Å². The first-order chi connectivity index (χ1) is 19.8. The van der Waals surface area contributed by atoms with Crippen molar-refractivity contribution in [3.05, 3.63) is 170 Å². The van der Waals surface area contributed by atoms with E-state index in [0.717, 1.165) is 0 Å². The van der Waals surface area contributed by atoms with Gasteiger partial charge in [0.1, 0.15) is 0 Å². The van der Waals surface area contributed by atoms with Gasteiger partial charge in [-0.05, 0) is 49.2 Å². The Labute approximate surface area is 240 Å². The van der Waals surface area contributed by atoms with Crippen LogP contribution in [0.1, 0.15) is 0 Å². The summed E-state index contributed by atoms with van der Waals surface area (Å²) in [5.74, 6) is 0. The Morgan fingerprint density at radius 1 is 0.325 bits per heavy atom. The molecular weight excluding hydrogens is 520 g/mol. The van der Waals surface area contributed by atoms with Gasteiger partial charge in [-0.1, -0.05) is 158 Å². The second-order valence-corrected chi connectivity index (χ2v) is 13.9. The van der Waals surface area contributed by atoms with Gasteiger partial charge in [-0.25, -0.2) is 0 Å². The highest BCUT2D eigenvalue weighted by atomic mass is 31.1. The molecule has 40 heavy (non-hydrogen) atoms. The van der Waals surface area contributed by atoms with Gasteiger partial charge in [0.25, 0.3) is 0 Å². The van der Waals surface area contributed by atoms with Crippen molar-refractivity contribution >= 4 is 59.0 Å². The third kappa shape index (κ3) is 5.50. The monoisotopic (exact) mass is 551 g/mol. The molecule has 0 heterocycles. The maximum atomic E-state index is 2.41. The number of benzene rings is 6. The van der Waals surface area contributed by atoms with Crippen molar-refractivity contribution in [2.45, 2.75) is 0 Å². The van der Waals surface area contributed by atoms with E-state index in [-0.39, 0.29) is 0 Å². The molecule has 0 N–H and O–H groups in total. The molecule has 0 aliphatic carbocycles. The summed E-state index contributed by atoms with van der Waals surface area (Å²) in [5, 5.41) is 8.14. The highest BCUT2D eigenvalue weighted by Gasteiger charge is 2.25. The first kappa shape index (κ1) is 26.2. The molecule has 0 atom stereocenters. The van der Waals surface area contributed by atoms with Crippen LogP contribution in [0.3, 0.4) is 0 Å². The normalized spacial score (nSPS) is 11.1. The molecule has 0 aliphatic heterocycles. The first-order valence-corrected chi connectivity index (χ1v) is 16.2. The second-order valence-electron chi connectivity index (χ2n) is 9.55. The Balaban J connectivity index is 1.51. The topological polar surface area (TPSA) is 3.24 Å². The third-order valence-electron chi connectivity index (χ3n) is 7.03. The number of hydrogen-bond acceptors (Lipinski definition) is 1. The maximum absolute atomic E-state index is 2.41. The van der Waals surface area contributed by atoms with E-state index in [4.69, 9.17) is 0 Å². The summed E-state index contributed by atoms with van der Waals surface area (Å²) in [6, 6.07) is 61.7. The molecule has 0 aromatic heterocycles. The summed E-state index contributed by atoms with van der Waals surface area (Å²) < 4.78 is 0. The Morgan fingerprint density at radius 2 is 0.575 bits per heavy atom. The summed E-state index contributed by atoms with van der Waals surface area (Å²) in [5.41, 5.74) is 2.48. The van der Waals surface area contributed by atoms with Crippen molar-refractivity contribution in [2.75, 3.05) is 11.9 Å².